The lowest BCUT2D eigenvalue weighted by molar-refractivity contribution is -0.145. The molecule has 0 aromatic heterocycles. The van der Waals surface area contributed by atoms with E-state index in [9.17, 15) is 23.1 Å². The predicted molar refractivity (Wildman–Crippen MR) is 163 cm³/mol. The number of likely N-dealkylation sites (tertiary alicyclic amines) is 1. The number of ether oxygens (including phenoxy) is 2. The van der Waals surface area contributed by atoms with E-state index < -0.39 is 29.5 Å². The van der Waals surface area contributed by atoms with Crippen molar-refractivity contribution in [1.29, 1.82) is 0 Å². The zero-order valence-electron chi connectivity index (χ0n) is 24.0. The minimum Gasteiger partial charge on any atom is -0.492 e. The summed E-state index contributed by atoms with van der Waals surface area (Å²) in [6.45, 7) is 7.18. The van der Waals surface area contributed by atoms with Crippen molar-refractivity contribution in [3.63, 3.8) is 0 Å². The molecule has 3 aromatic rings. The van der Waals surface area contributed by atoms with Crippen LogP contribution in [0.5, 0.6) is 11.5 Å². The van der Waals surface area contributed by atoms with Crippen LogP contribution in [0.2, 0.25) is 0 Å². The molecule has 3 aromatic carbocycles. The van der Waals surface area contributed by atoms with Crippen LogP contribution in [-0.2, 0) is 17.8 Å². The zero-order valence-corrected chi connectivity index (χ0v) is 25.6. The Morgan fingerprint density at radius 3 is 2.14 bits per heavy atom. The molecule has 1 aliphatic heterocycles. The summed E-state index contributed by atoms with van der Waals surface area (Å²) >= 11 is 0. The maximum atomic E-state index is 13.9. The molecule has 43 heavy (non-hydrogen) atoms. The second-order valence-corrected chi connectivity index (χ2v) is 11.2. The highest BCUT2D eigenvalue weighted by Gasteiger charge is 2.55. The van der Waals surface area contributed by atoms with Gasteiger partial charge >= 0.3 is 5.97 Å². The Hall–Kier alpha value is -2.98. The first-order chi connectivity index (χ1) is 19.7. The van der Waals surface area contributed by atoms with E-state index in [0.29, 0.717) is 54.5 Å². The van der Waals surface area contributed by atoms with Crippen LogP contribution < -0.4 is 14.8 Å². The molecule has 11 heteroatoms. The smallest absolute Gasteiger partial charge is 0.345 e. The third-order valence-corrected chi connectivity index (χ3v) is 7.95. The minimum absolute atomic E-state index is 0. The van der Waals surface area contributed by atoms with Crippen molar-refractivity contribution in [2.75, 3.05) is 26.2 Å². The van der Waals surface area contributed by atoms with E-state index in [4.69, 9.17) is 9.47 Å². The average Bonchev–Trinajstić information content (AvgIpc) is 3.39. The quantitative estimate of drug-likeness (QED) is 0.170. The summed E-state index contributed by atoms with van der Waals surface area (Å²) in [6.07, 6.45) is -0.770. The number of benzene rings is 3. The fourth-order valence-corrected chi connectivity index (χ4v) is 5.58. The van der Waals surface area contributed by atoms with Crippen LogP contribution in [0.4, 0.5) is 13.2 Å². The standard InChI is InChI=1S/C32H35F3N2O4.2ClH/c1-19(2)21-5-9-24(10-6-21)41-30(32(38)39)13-20-3-7-23(8-4-20)40-12-11-36-31-25-17-37(18-26(25)31)16-22-14-28(34)29(35)15-27(22)33;;/h3-10,14-15,19,25-26,30-31,36H,11-13,16-18H2,1-2H3,(H,38,39);2*1H/t25-,26?,30-,31+;;/m0../s1. The molecule has 0 bridgehead atoms. The maximum absolute atomic E-state index is 13.9. The van der Waals surface area contributed by atoms with Crippen molar-refractivity contribution >= 4 is 30.8 Å². The van der Waals surface area contributed by atoms with Crippen molar-refractivity contribution < 1.29 is 32.5 Å². The number of carboxylic acids is 1. The summed E-state index contributed by atoms with van der Waals surface area (Å²) in [7, 11) is 0. The third-order valence-electron chi connectivity index (χ3n) is 7.95. The lowest BCUT2D eigenvalue weighted by atomic mass is 10.0. The number of hydrogen-bond donors (Lipinski definition) is 2. The Balaban J connectivity index is 0.00000253. The minimum atomic E-state index is -1.17. The second kappa shape index (κ2) is 15.1. The first kappa shape index (κ1) is 34.5. The third kappa shape index (κ3) is 8.79. The Morgan fingerprint density at radius 2 is 1.53 bits per heavy atom. The SMILES string of the molecule is CC(C)c1ccc(O[C@@H](Cc2ccc(OCCN[C@H]3C4CN(Cc5cc(F)c(F)cc5F)C[C@@H]43)cc2)C(=O)O)cc1.Cl.Cl. The first-order valence-electron chi connectivity index (χ1n) is 14.0. The number of nitrogens with one attached hydrogen (secondary N) is 1. The van der Waals surface area contributed by atoms with Crippen molar-refractivity contribution in [1.82, 2.24) is 10.2 Å². The van der Waals surface area contributed by atoms with Crippen LogP contribution in [0.25, 0.3) is 0 Å². The zero-order chi connectivity index (χ0) is 29.1. The molecular weight excluding hydrogens is 604 g/mol. The van der Waals surface area contributed by atoms with Gasteiger partial charge in [0, 0.05) is 50.3 Å². The van der Waals surface area contributed by atoms with Gasteiger partial charge in [-0.3, -0.25) is 4.90 Å². The van der Waals surface area contributed by atoms with Gasteiger partial charge in [-0.25, -0.2) is 18.0 Å². The van der Waals surface area contributed by atoms with Crippen LogP contribution in [-0.4, -0.2) is 54.4 Å². The summed E-state index contributed by atoms with van der Waals surface area (Å²) in [5.41, 5.74) is 2.17. The molecule has 4 atom stereocenters. The van der Waals surface area contributed by atoms with E-state index in [-0.39, 0.29) is 43.3 Å². The predicted octanol–water partition coefficient (Wildman–Crippen LogP) is 6.24. The van der Waals surface area contributed by atoms with Gasteiger partial charge in [-0.15, -0.1) is 24.8 Å². The Morgan fingerprint density at radius 1 is 0.930 bits per heavy atom. The largest absolute Gasteiger partial charge is 0.492 e. The molecule has 0 amide bonds. The number of nitrogens with zero attached hydrogens (tertiary/aromatic N) is 1. The van der Waals surface area contributed by atoms with E-state index in [2.05, 4.69) is 24.1 Å². The molecule has 1 unspecified atom stereocenters. The molecule has 2 aliphatic rings. The van der Waals surface area contributed by atoms with E-state index in [0.717, 1.165) is 30.3 Å². The Bertz CT molecular complexity index is 1350. The van der Waals surface area contributed by atoms with E-state index >= 15 is 0 Å². The van der Waals surface area contributed by atoms with Crippen LogP contribution in [0.15, 0.2) is 60.7 Å². The number of hydrogen-bond acceptors (Lipinski definition) is 5. The van der Waals surface area contributed by atoms with Crippen molar-refractivity contribution in [2.24, 2.45) is 11.8 Å². The van der Waals surface area contributed by atoms with Gasteiger partial charge in [0.25, 0.3) is 0 Å². The monoisotopic (exact) mass is 640 g/mol. The van der Waals surface area contributed by atoms with Crippen molar-refractivity contribution in [3.05, 3.63) is 94.8 Å². The normalized spacial score (nSPS) is 19.6. The molecular formula is C32H37Cl2F3N2O4. The van der Waals surface area contributed by atoms with Gasteiger partial charge in [-0.2, -0.15) is 0 Å². The fourth-order valence-electron chi connectivity index (χ4n) is 5.58. The fraction of sp³-hybridized carbons (Fsp3) is 0.406. The van der Waals surface area contributed by atoms with Gasteiger partial charge < -0.3 is 19.9 Å². The number of halogens is 5. The summed E-state index contributed by atoms with van der Waals surface area (Å²) in [5, 5.41) is 13.2. The van der Waals surface area contributed by atoms with Crippen LogP contribution >= 0.6 is 24.8 Å². The van der Waals surface area contributed by atoms with Crippen LogP contribution in [0.1, 0.15) is 36.5 Å². The molecule has 6 nitrogen and oxygen atoms in total. The van der Waals surface area contributed by atoms with E-state index in [1.165, 1.54) is 0 Å². The van der Waals surface area contributed by atoms with E-state index in [1.807, 2.05) is 36.4 Å². The first-order valence-corrected chi connectivity index (χ1v) is 14.0. The highest BCUT2D eigenvalue weighted by molar-refractivity contribution is 5.85. The molecule has 0 spiro atoms. The maximum Gasteiger partial charge on any atom is 0.345 e. The van der Waals surface area contributed by atoms with Gasteiger partial charge in [0.05, 0.1) is 0 Å². The van der Waals surface area contributed by atoms with Crippen LogP contribution in [0, 0.1) is 29.3 Å². The number of carbonyl (C=O) groups is 1. The van der Waals surface area contributed by atoms with Gasteiger partial charge in [-0.1, -0.05) is 38.1 Å². The summed E-state index contributed by atoms with van der Waals surface area (Å²) in [6, 6.07) is 16.8. The van der Waals surface area contributed by atoms with Crippen molar-refractivity contribution in [2.45, 2.75) is 44.9 Å². The number of carboxylic acid groups (broad SMARTS) is 1. The van der Waals surface area contributed by atoms with E-state index in [1.54, 1.807) is 12.1 Å². The topological polar surface area (TPSA) is 71.0 Å². The lowest BCUT2D eigenvalue weighted by Gasteiger charge is -2.20. The summed E-state index contributed by atoms with van der Waals surface area (Å²) in [5.74, 6) is -1.40. The average molecular weight is 642 g/mol. The van der Waals surface area contributed by atoms with Crippen LogP contribution in [0.3, 0.4) is 0 Å². The highest BCUT2D eigenvalue weighted by atomic mass is 35.5. The van der Waals surface area contributed by atoms with Gasteiger partial charge in [0.2, 0.25) is 0 Å². The number of piperidine rings is 1. The molecule has 1 aliphatic carbocycles. The number of aliphatic carboxylic acids is 1. The van der Waals surface area contributed by atoms with Gasteiger partial charge in [0.1, 0.15) is 23.9 Å². The van der Waals surface area contributed by atoms with Crippen molar-refractivity contribution in [3.8, 4) is 11.5 Å². The number of rotatable bonds is 13. The molecule has 2 fully saturated rings. The Kier molecular flexibility index (Phi) is 12.2. The molecule has 2 N–H and O–H groups in total. The lowest BCUT2D eigenvalue weighted by Crippen LogP contribution is -2.33. The Labute approximate surface area is 262 Å². The molecule has 1 saturated heterocycles. The molecule has 1 heterocycles. The second-order valence-electron chi connectivity index (χ2n) is 11.2. The molecule has 1 saturated carbocycles. The molecule has 0 radical (unpaired) electrons. The van der Waals surface area contributed by atoms with Gasteiger partial charge in [0.15, 0.2) is 17.7 Å². The molecule has 5 rings (SSSR count). The summed E-state index contributed by atoms with van der Waals surface area (Å²) < 4.78 is 52.2. The van der Waals surface area contributed by atoms with Gasteiger partial charge in [-0.05, 0) is 59.2 Å². The molecule has 234 valence electrons. The number of fused-ring (bicyclic) bond motifs is 1. The summed E-state index contributed by atoms with van der Waals surface area (Å²) in [4.78, 5) is 13.9. The highest BCUT2D eigenvalue weighted by Crippen LogP contribution is 2.45.